The van der Waals surface area contributed by atoms with Gasteiger partial charge in [-0.3, -0.25) is 0 Å². The average molecular weight is 240 g/mol. The van der Waals surface area contributed by atoms with Crippen molar-refractivity contribution >= 4 is 11.6 Å². The fourth-order valence-electron chi connectivity index (χ4n) is 1.99. The molecule has 0 spiro atoms. The summed E-state index contributed by atoms with van der Waals surface area (Å²) in [4.78, 5) is 0. The lowest BCUT2D eigenvalue weighted by Crippen LogP contribution is -2.27. The summed E-state index contributed by atoms with van der Waals surface area (Å²) in [5.74, 6) is 0. The van der Waals surface area contributed by atoms with Gasteiger partial charge in [0.1, 0.15) is 0 Å². The molecule has 1 heterocycles. The number of halogens is 1. The summed E-state index contributed by atoms with van der Waals surface area (Å²) in [7, 11) is 0. The quantitative estimate of drug-likeness (QED) is 0.798. The zero-order valence-electron chi connectivity index (χ0n) is 9.42. The first-order chi connectivity index (χ1) is 7.84. The molecule has 1 N–H and O–H groups in total. The van der Waals surface area contributed by atoms with E-state index in [9.17, 15) is 0 Å². The fourth-order valence-corrected chi connectivity index (χ4v) is 2.21. The second-order valence-electron chi connectivity index (χ2n) is 4.22. The van der Waals surface area contributed by atoms with Crippen molar-refractivity contribution in [2.75, 3.05) is 19.7 Å². The normalized spacial score (nSPS) is 20.2. The number of ether oxygens (including phenoxy) is 1. The minimum atomic E-state index is 0.430. The van der Waals surface area contributed by atoms with Crippen molar-refractivity contribution in [3.05, 3.63) is 34.9 Å². The highest BCUT2D eigenvalue weighted by Gasteiger charge is 2.14. The van der Waals surface area contributed by atoms with Crippen molar-refractivity contribution in [2.24, 2.45) is 0 Å². The molecule has 2 nitrogen and oxygen atoms in total. The molecule has 0 saturated carbocycles. The molecule has 1 saturated heterocycles. The number of benzene rings is 1. The van der Waals surface area contributed by atoms with Gasteiger partial charge in [0.2, 0.25) is 0 Å². The molecule has 2 rings (SSSR count). The summed E-state index contributed by atoms with van der Waals surface area (Å²) >= 11 is 5.92. The maximum atomic E-state index is 5.92. The lowest BCUT2D eigenvalue weighted by atomic mass is 10.1. The average Bonchev–Trinajstić information content (AvgIpc) is 2.77. The van der Waals surface area contributed by atoms with Crippen LogP contribution in [0.4, 0.5) is 0 Å². The van der Waals surface area contributed by atoms with Gasteiger partial charge in [0, 0.05) is 18.2 Å². The predicted octanol–water partition coefficient (Wildman–Crippen LogP) is 2.65. The van der Waals surface area contributed by atoms with Crippen LogP contribution in [0.15, 0.2) is 24.3 Å². The van der Waals surface area contributed by atoms with Crippen molar-refractivity contribution in [2.45, 2.75) is 25.4 Å². The van der Waals surface area contributed by atoms with E-state index in [0.717, 1.165) is 31.1 Å². The van der Waals surface area contributed by atoms with Crippen LogP contribution < -0.4 is 5.32 Å². The van der Waals surface area contributed by atoms with Gasteiger partial charge < -0.3 is 10.1 Å². The monoisotopic (exact) mass is 239 g/mol. The number of rotatable bonds is 5. The molecule has 1 fully saturated rings. The van der Waals surface area contributed by atoms with Gasteiger partial charge in [0.25, 0.3) is 0 Å². The Bertz CT molecular complexity index is 323. The summed E-state index contributed by atoms with van der Waals surface area (Å²) < 4.78 is 5.54. The van der Waals surface area contributed by atoms with Crippen LogP contribution in [0.3, 0.4) is 0 Å². The van der Waals surface area contributed by atoms with Crippen LogP contribution in [0.2, 0.25) is 5.02 Å². The zero-order chi connectivity index (χ0) is 11.2. The zero-order valence-corrected chi connectivity index (χ0v) is 10.2. The molecule has 1 aliphatic heterocycles. The van der Waals surface area contributed by atoms with Crippen molar-refractivity contribution in [3.63, 3.8) is 0 Å². The first-order valence-corrected chi connectivity index (χ1v) is 6.29. The Labute approximate surface area is 102 Å². The smallest absolute Gasteiger partial charge is 0.0700 e. The Kier molecular flexibility index (Phi) is 4.64. The molecule has 0 amide bonds. The Balaban J connectivity index is 1.64. The van der Waals surface area contributed by atoms with Gasteiger partial charge in [-0.2, -0.15) is 0 Å². The minimum Gasteiger partial charge on any atom is -0.377 e. The molecular weight excluding hydrogens is 222 g/mol. The molecule has 0 bridgehead atoms. The van der Waals surface area contributed by atoms with E-state index in [1.165, 1.54) is 18.4 Å². The third kappa shape index (κ3) is 3.78. The Hall–Kier alpha value is -0.570. The maximum absolute atomic E-state index is 5.92. The Morgan fingerprint density at radius 1 is 1.44 bits per heavy atom. The van der Waals surface area contributed by atoms with E-state index in [0.29, 0.717) is 6.10 Å². The van der Waals surface area contributed by atoms with E-state index in [1.807, 2.05) is 18.2 Å². The highest BCUT2D eigenvalue weighted by molar-refractivity contribution is 6.30. The molecule has 1 unspecified atom stereocenters. The van der Waals surface area contributed by atoms with Crippen LogP contribution in [0.5, 0.6) is 0 Å². The van der Waals surface area contributed by atoms with Crippen LogP contribution >= 0.6 is 11.6 Å². The standard InChI is InChI=1S/C13H18ClNO/c14-12-4-1-3-11(9-12)6-7-15-10-13-5-2-8-16-13/h1,3-4,9,13,15H,2,5-8,10H2. The van der Waals surface area contributed by atoms with E-state index < -0.39 is 0 Å². The van der Waals surface area contributed by atoms with Gasteiger partial charge in [-0.25, -0.2) is 0 Å². The van der Waals surface area contributed by atoms with E-state index in [4.69, 9.17) is 16.3 Å². The van der Waals surface area contributed by atoms with Gasteiger partial charge in [-0.15, -0.1) is 0 Å². The topological polar surface area (TPSA) is 21.3 Å². The molecule has 1 aromatic carbocycles. The fraction of sp³-hybridized carbons (Fsp3) is 0.538. The van der Waals surface area contributed by atoms with Crippen molar-refractivity contribution in [1.82, 2.24) is 5.32 Å². The first kappa shape index (κ1) is 11.9. The molecule has 0 aromatic heterocycles. The van der Waals surface area contributed by atoms with E-state index >= 15 is 0 Å². The largest absolute Gasteiger partial charge is 0.377 e. The SMILES string of the molecule is Clc1cccc(CCNCC2CCCO2)c1. The van der Waals surface area contributed by atoms with Gasteiger partial charge in [0.05, 0.1) is 6.10 Å². The third-order valence-corrected chi connectivity index (χ3v) is 3.11. The number of nitrogens with one attached hydrogen (secondary N) is 1. The van der Waals surface area contributed by atoms with Crippen LogP contribution in [0, 0.1) is 0 Å². The van der Waals surface area contributed by atoms with Crippen LogP contribution in [0.1, 0.15) is 18.4 Å². The number of hydrogen-bond donors (Lipinski definition) is 1. The van der Waals surface area contributed by atoms with Crippen molar-refractivity contribution in [3.8, 4) is 0 Å². The van der Waals surface area contributed by atoms with E-state index in [1.54, 1.807) is 0 Å². The summed E-state index contributed by atoms with van der Waals surface area (Å²) in [5.41, 5.74) is 1.28. The lowest BCUT2D eigenvalue weighted by Gasteiger charge is -2.10. The van der Waals surface area contributed by atoms with Gasteiger partial charge in [0.15, 0.2) is 0 Å². The Morgan fingerprint density at radius 3 is 3.12 bits per heavy atom. The first-order valence-electron chi connectivity index (χ1n) is 5.91. The van der Waals surface area contributed by atoms with Gasteiger partial charge >= 0.3 is 0 Å². The molecule has 0 radical (unpaired) electrons. The summed E-state index contributed by atoms with van der Waals surface area (Å²) in [6, 6.07) is 8.04. The second kappa shape index (κ2) is 6.24. The minimum absolute atomic E-state index is 0.430. The summed E-state index contributed by atoms with van der Waals surface area (Å²) in [6.45, 7) is 2.89. The highest BCUT2D eigenvalue weighted by atomic mass is 35.5. The van der Waals surface area contributed by atoms with E-state index in [-0.39, 0.29) is 0 Å². The molecule has 3 heteroatoms. The van der Waals surface area contributed by atoms with Crippen molar-refractivity contribution < 1.29 is 4.74 Å². The van der Waals surface area contributed by atoms with Gasteiger partial charge in [-0.05, 0) is 43.5 Å². The molecule has 1 aromatic rings. The van der Waals surface area contributed by atoms with E-state index in [2.05, 4.69) is 11.4 Å². The Morgan fingerprint density at radius 2 is 2.38 bits per heavy atom. The molecular formula is C13H18ClNO. The molecule has 1 aliphatic rings. The molecule has 1 atom stereocenters. The molecule has 16 heavy (non-hydrogen) atoms. The summed E-state index contributed by atoms with van der Waals surface area (Å²) in [5, 5.41) is 4.24. The van der Waals surface area contributed by atoms with Crippen LogP contribution in [-0.4, -0.2) is 25.8 Å². The summed E-state index contributed by atoms with van der Waals surface area (Å²) in [6.07, 6.45) is 3.86. The molecule has 0 aliphatic carbocycles. The molecule has 88 valence electrons. The van der Waals surface area contributed by atoms with Gasteiger partial charge in [-0.1, -0.05) is 23.7 Å². The van der Waals surface area contributed by atoms with Crippen LogP contribution in [-0.2, 0) is 11.2 Å². The predicted molar refractivity (Wildman–Crippen MR) is 67.0 cm³/mol. The third-order valence-electron chi connectivity index (χ3n) is 2.88. The van der Waals surface area contributed by atoms with Crippen LogP contribution in [0.25, 0.3) is 0 Å². The maximum Gasteiger partial charge on any atom is 0.0700 e. The van der Waals surface area contributed by atoms with Crippen molar-refractivity contribution in [1.29, 1.82) is 0 Å². The highest BCUT2D eigenvalue weighted by Crippen LogP contribution is 2.12. The lowest BCUT2D eigenvalue weighted by molar-refractivity contribution is 0.110. The second-order valence-corrected chi connectivity index (χ2v) is 4.66. The number of hydrogen-bond acceptors (Lipinski definition) is 2.